The molecule has 5 heteroatoms. The fourth-order valence-corrected chi connectivity index (χ4v) is 2.66. The molecule has 2 N–H and O–H groups in total. The molecule has 110 valence electrons. The summed E-state index contributed by atoms with van der Waals surface area (Å²) in [5.74, 6) is -0.335. The number of carbonyl (C=O) groups excluding carboxylic acids is 1. The highest BCUT2D eigenvalue weighted by Crippen LogP contribution is 2.05. The van der Waals surface area contributed by atoms with Crippen molar-refractivity contribution in [1.82, 2.24) is 5.32 Å². The van der Waals surface area contributed by atoms with Gasteiger partial charge >= 0.3 is 0 Å². The van der Waals surface area contributed by atoms with Crippen LogP contribution in [0.5, 0.6) is 0 Å². The largest absolute Gasteiger partial charge is 0.364 e. The number of hydrogen-bond acceptors (Lipinski definition) is 2. The lowest BCUT2D eigenvalue weighted by atomic mass is 10.2. The zero-order valence-corrected chi connectivity index (χ0v) is 12.0. The van der Waals surface area contributed by atoms with E-state index < -0.39 is 0 Å². The number of rotatable bonds is 4. The summed E-state index contributed by atoms with van der Waals surface area (Å²) < 4.78 is 19.1. The molecule has 0 aromatic heterocycles. The molecule has 0 saturated carbocycles. The van der Waals surface area contributed by atoms with Crippen molar-refractivity contribution < 1.29 is 18.8 Å². The van der Waals surface area contributed by atoms with Gasteiger partial charge in [-0.25, -0.2) is 4.39 Å². The number of morpholine rings is 1. The van der Waals surface area contributed by atoms with Crippen LogP contribution < -0.4 is 10.2 Å². The Balaban J connectivity index is 1.79. The summed E-state index contributed by atoms with van der Waals surface area (Å²) in [7, 11) is 0. The Kier molecular flexibility index (Phi) is 5.09. The number of nitrogens with one attached hydrogen (secondary N) is 2. The first-order valence-corrected chi connectivity index (χ1v) is 7.03. The molecule has 0 radical (unpaired) electrons. The molecule has 0 spiro atoms. The molecule has 1 fully saturated rings. The average Bonchev–Trinajstić information content (AvgIpc) is 2.36. The van der Waals surface area contributed by atoms with Crippen molar-refractivity contribution in [3.8, 4) is 0 Å². The third kappa shape index (κ3) is 4.28. The van der Waals surface area contributed by atoms with Gasteiger partial charge in [0.05, 0.1) is 0 Å². The minimum absolute atomic E-state index is 0.0513. The van der Waals surface area contributed by atoms with Gasteiger partial charge in [0, 0.05) is 12.1 Å². The van der Waals surface area contributed by atoms with Crippen LogP contribution in [-0.2, 0) is 16.1 Å². The Hall–Kier alpha value is -1.46. The zero-order chi connectivity index (χ0) is 14.5. The average molecular weight is 281 g/mol. The van der Waals surface area contributed by atoms with Crippen molar-refractivity contribution in [3.63, 3.8) is 0 Å². The topological polar surface area (TPSA) is 42.8 Å². The lowest BCUT2D eigenvalue weighted by Gasteiger charge is -2.31. The highest BCUT2D eigenvalue weighted by Gasteiger charge is 2.26. The normalized spacial score (nSPS) is 26.2. The van der Waals surface area contributed by atoms with Crippen LogP contribution in [0.3, 0.4) is 0 Å². The van der Waals surface area contributed by atoms with E-state index in [1.165, 1.54) is 11.0 Å². The Morgan fingerprint density at radius 3 is 2.65 bits per heavy atom. The van der Waals surface area contributed by atoms with E-state index in [1.54, 1.807) is 18.2 Å². The van der Waals surface area contributed by atoms with Crippen molar-refractivity contribution in [3.05, 3.63) is 35.6 Å². The number of halogens is 1. The first-order chi connectivity index (χ1) is 9.54. The molecule has 1 aromatic rings. The summed E-state index contributed by atoms with van der Waals surface area (Å²) in [6, 6.07) is 6.49. The summed E-state index contributed by atoms with van der Waals surface area (Å²) >= 11 is 0. The Labute approximate surface area is 118 Å². The molecule has 2 rings (SSSR count). The number of quaternary nitrogens is 1. The predicted molar refractivity (Wildman–Crippen MR) is 73.8 cm³/mol. The molecule has 1 aliphatic heterocycles. The molecule has 1 saturated heterocycles. The summed E-state index contributed by atoms with van der Waals surface area (Å²) in [6.07, 6.45) is 0.348. The monoisotopic (exact) mass is 281 g/mol. The highest BCUT2D eigenvalue weighted by atomic mass is 19.1. The fraction of sp³-hybridized carbons (Fsp3) is 0.533. The van der Waals surface area contributed by atoms with Gasteiger partial charge in [-0.05, 0) is 19.9 Å². The van der Waals surface area contributed by atoms with Gasteiger partial charge in [0.15, 0.2) is 6.54 Å². The van der Waals surface area contributed by atoms with E-state index in [9.17, 15) is 9.18 Å². The van der Waals surface area contributed by atoms with E-state index in [2.05, 4.69) is 5.32 Å². The molecule has 1 aliphatic rings. The molecule has 0 unspecified atom stereocenters. The van der Waals surface area contributed by atoms with Gasteiger partial charge in [0.25, 0.3) is 5.91 Å². The molecule has 4 nitrogen and oxygen atoms in total. The molecular weight excluding hydrogens is 259 g/mol. The van der Waals surface area contributed by atoms with Crippen molar-refractivity contribution in [2.75, 3.05) is 19.6 Å². The Bertz CT molecular complexity index is 457. The van der Waals surface area contributed by atoms with Gasteiger partial charge in [0.2, 0.25) is 0 Å². The number of hydrogen-bond donors (Lipinski definition) is 2. The smallest absolute Gasteiger partial charge is 0.275 e. The Morgan fingerprint density at radius 2 is 2.00 bits per heavy atom. The lowest BCUT2D eigenvalue weighted by Crippen LogP contribution is -3.16. The molecule has 1 amide bonds. The van der Waals surface area contributed by atoms with Crippen LogP contribution in [0.15, 0.2) is 24.3 Å². The van der Waals surface area contributed by atoms with Gasteiger partial charge in [-0.1, -0.05) is 18.2 Å². The van der Waals surface area contributed by atoms with Gasteiger partial charge < -0.3 is 15.0 Å². The van der Waals surface area contributed by atoms with E-state index in [0.29, 0.717) is 12.1 Å². The van der Waals surface area contributed by atoms with Crippen molar-refractivity contribution in [2.45, 2.75) is 32.6 Å². The molecular formula is C15H22FN2O2+. The van der Waals surface area contributed by atoms with Crippen molar-refractivity contribution in [2.24, 2.45) is 0 Å². The van der Waals surface area contributed by atoms with Gasteiger partial charge in [-0.3, -0.25) is 4.79 Å². The third-order valence-electron chi connectivity index (χ3n) is 3.46. The SMILES string of the molecule is C[C@H]1C[NH+](CC(=O)NCc2ccccc2F)C[C@H](C)O1. The minimum Gasteiger partial charge on any atom is -0.364 e. The van der Waals surface area contributed by atoms with Crippen LogP contribution in [0.1, 0.15) is 19.4 Å². The summed E-state index contributed by atoms with van der Waals surface area (Å²) in [5, 5.41) is 2.78. The van der Waals surface area contributed by atoms with Crippen LogP contribution in [0.4, 0.5) is 4.39 Å². The van der Waals surface area contributed by atoms with E-state index in [1.807, 2.05) is 13.8 Å². The number of ether oxygens (including phenoxy) is 1. The predicted octanol–water partition coefficient (Wildman–Crippen LogP) is 0.134. The van der Waals surface area contributed by atoms with Crippen LogP contribution in [0, 0.1) is 5.82 Å². The maximum atomic E-state index is 13.4. The first-order valence-electron chi connectivity index (χ1n) is 7.03. The third-order valence-corrected chi connectivity index (χ3v) is 3.46. The number of carbonyl (C=O) groups is 1. The van der Waals surface area contributed by atoms with Gasteiger partial charge in [0.1, 0.15) is 31.1 Å². The van der Waals surface area contributed by atoms with Crippen LogP contribution in [0.2, 0.25) is 0 Å². The second-order valence-corrected chi connectivity index (χ2v) is 5.46. The van der Waals surface area contributed by atoms with E-state index in [-0.39, 0.29) is 30.5 Å². The number of amides is 1. The lowest BCUT2D eigenvalue weighted by molar-refractivity contribution is -0.907. The van der Waals surface area contributed by atoms with Crippen molar-refractivity contribution >= 4 is 5.91 Å². The van der Waals surface area contributed by atoms with Crippen LogP contribution >= 0.6 is 0 Å². The van der Waals surface area contributed by atoms with Gasteiger partial charge in [-0.15, -0.1) is 0 Å². The summed E-state index contributed by atoms with van der Waals surface area (Å²) in [4.78, 5) is 13.1. The summed E-state index contributed by atoms with van der Waals surface area (Å²) in [5.41, 5.74) is 0.513. The molecule has 1 heterocycles. The minimum atomic E-state index is -0.284. The zero-order valence-electron chi connectivity index (χ0n) is 12.0. The molecule has 0 aliphatic carbocycles. The first kappa shape index (κ1) is 14.9. The molecule has 0 bridgehead atoms. The molecule has 20 heavy (non-hydrogen) atoms. The standard InChI is InChI=1S/C15H21FN2O2/c1-11-8-18(9-12(2)20-11)10-15(19)17-7-13-5-3-4-6-14(13)16/h3-6,11-12H,7-10H2,1-2H3,(H,17,19)/p+1/t11-,12-/m0/s1. The van der Waals surface area contributed by atoms with Crippen LogP contribution in [-0.4, -0.2) is 37.7 Å². The van der Waals surface area contributed by atoms with Gasteiger partial charge in [-0.2, -0.15) is 0 Å². The van der Waals surface area contributed by atoms with Crippen molar-refractivity contribution in [1.29, 1.82) is 0 Å². The maximum absolute atomic E-state index is 13.4. The molecule has 1 aromatic carbocycles. The van der Waals surface area contributed by atoms with E-state index in [4.69, 9.17) is 4.74 Å². The summed E-state index contributed by atoms with van der Waals surface area (Å²) in [6.45, 7) is 6.35. The van der Waals surface area contributed by atoms with E-state index in [0.717, 1.165) is 13.1 Å². The molecule has 2 atom stereocenters. The highest BCUT2D eigenvalue weighted by molar-refractivity contribution is 5.76. The van der Waals surface area contributed by atoms with Crippen LogP contribution in [0.25, 0.3) is 0 Å². The maximum Gasteiger partial charge on any atom is 0.275 e. The fourth-order valence-electron chi connectivity index (χ4n) is 2.66. The quantitative estimate of drug-likeness (QED) is 0.824. The van der Waals surface area contributed by atoms with E-state index >= 15 is 0 Å². The Morgan fingerprint density at radius 1 is 1.35 bits per heavy atom. The number of benzene rings is 1. The second-order valence-electron chi connectivity index (χ2n) is 5.46. The second kappa shape index (κ2) is 6.81.